The van der Waals surface area contributed by atoms with Gasteiger partial charge in [-0.25, -0.2) is 0 Å². The summed E-state index contributed by atoms with van der Waals surface area (Å²) < 4.78 is 1.17. The number of nitrogens with zero attached hydrogens (tertiary/aromatic N) is 1. The Labute approximate surface area is 130 Å². The molecule has 0 aromatic heterocycles. The second kappa shape index (κ2) is 6.48. The normalized spacial score (nSPS) is 25.3. The van der Waals surface area contributed by atoms with Gasteiger partial charge in [-0.1, -0.05) is 34.8 Å². The van der Waals surface area contributed by atoms with Gasteiger partial charge < -0.3 is 10.6 Å². The highest BCUT2D eigenvalue weighted by atomic mass is 79.9. The van der Waals surface area contributed by atoms with E-state index in [0.29, 0.717) is 6.04 Å². The van der Waals surface area contributed by atoms with Crippen LogP contribution in [0.5, 0.6) is 0 Å². The molecule has 20 heavy (non-hydrogen) atoms. The topological polar surface area (TPSA) is 29.3 Å². The minimum Gasteiger partial charge on any atom is -0.371 e. The van der Waals surface area contributed by atoms with Crippen molar-refractivity contribution in [2.45, 2.75) is 44.6 Å². The van der Waals surface area contributed by atoms with Crippen molar-refractivity contribution in [3.8, 4) is 0 Å². The fourth-order valence-electron chi connectivity index (χ4n) is 3.90. The molecule has 0 spiro atoms. The summed E-state index contributed by atoms with van der Waals surface area (Å²) in [6.45, 7) is 2.36. The van der Waals surface area contributed by atoms with E-state index in [0.717, 1.165) is 11.8 Å². The Hall–Kier alpha value is -0.540. The third-order valence-corrected chi connectivity index (χ3v) is 5.56. The Morgan fingerprint density at radius 2 is 2.05 bits per heavy atom. The molecule has 1 saturated carbocycles. The van der Waals surface area contributed by atoms with Gasteiger partial charge in [-0.15, -0.1) is 0 Å². The molecule has 1 aromatic rings. The number of halogens is 1. The fourth-order valence-corrected chi connectivity index (χ4v) is 4.28. The average molecular weight is 337 g/mol. The summed E-state index contributed by atoms with van der Waals surface area (Å²) in [4.78, 5) is 2.51. The lowest BCUT2D eigenvalue weighted by atomic mass is 9.89. The number of nitrogens with two attached hydrogens (primary N) is 1. The molecule has 1 aliphatic heterocycles. The van der Waals surface area contributed by atoms with E-state index < -0.39 is 0 Å². The maximum absolute atomic E-state index is 6.44. The third-order valence-electron chi connectivity index (χ3n) is 5.07. The number of hydrogen-bond acceptors (Lipinski definition) is 2. The summed E-state index contributed by atoms with van der Waals surface area (Å²) in [6, 6.07) is 9.08. The van der Waals surface area contributed by atoms with Crippen LogP contribution in [0, 0.1) is 11.8 Å². The molecular weight excluding hydrogens is 312 g/mol. The largest absolute Gasteiger partial charge is 0.371 e. The van der Waals surface area contributed by atoms with E-state index in [1.807, 2.05) is 0 Å². The molecule has 1 aromatic carbocycles. The van der Waals surface area contributed by atoms with Crippen molar-refractivity contribution in [3.05, 3.63) is 28.7 Å². The van der Waals surface area contributed by atoms with Crippen LogP contribution in [0.15, 0.2) is 28.7 Å². The highest BCUT2D eigenvalue weighted by Crippen LogP contribution is 2.33. The summed E-state index contributed by atoms with van der Waals surface area (Å²) in [5, 5.41) is 0. The lowest BCUT2D eigenvalue weighted by molar-refractivity contribution is 0.357. The number of hydrogen-bond donors (Lipinski definition) is 1. The molecule has 0 amide bonds. The smallest absolute Gasteiger partial charge is 0.0377 e. The van der Waals surface area contributed by atoms with Crippen molar-refractivity contribution in [2.75, 3.05) is 18.0 Å². The summed E-state index contributed by atoms with van der Waals surface area (Å²) in [5.41, 5.74) is 7.78. The standard InChI is InChI=1S/C17H25BrN2/c18-15-6-3-7-16(11-15)20-9-8-13(12-20)10-17(19)14-4-1-2-5-14/h3,6-7,11,13-14,17H,1-2,4-5,8-10,12,19H2. The van der Waals surface area contributed by atoms with Gasteiger partial charge in [0.15, 0.2) is 0 Å². The highest BCUT2D eigenvalue weighted by molar-refractivity contribution is 9.10. The summed E-state index contributed by atoms with van der Waals surface area (Å²) in [6.07, 6.45) is 8.04. The fraction of sp³-hybridized carbons (Fsp3) is 0.647. The van der Waals surface area contributed by atoms with Crippen molar-refractivity contribution in [1.82, 2.24) is 0 Å². The molecule has 3 heteroatoms. The maximum Gasteiger partial charge on any atom is 0.0377 e. The minimum absolute atomic E-state index is 0.435. The van der Waals surface area contributed by atoms with Crippen molar-refractivity contribution in [3.63, 3.8) is 0 Å². The SMILES string of the molecule is NC(CC1CCN(c2cccc(Br)c2)C1)C1CCCC1. The zero-order valence-electron chi connectivity index (χ0n) is 12.1. The summed E-state index contributed by atoms with van der Waals surface area (Å²) in [5.74, 6) is 1.58. The molecule has 2 nitrogen and oxygen atoms in total. The number of anilines is 1. The van der Waals surface area contributed by atoms with E-state index in [2.05, 4.69) is 45.1 Å². The average Bonchev–Trinajstić information content (AvgIpc) is 3.10. The quantitative estimate of drug-likeness (QED) is 0.893. The van der Waals surface area contributed by atoms with Crippen molar-refractivity contribution >= 4 is 21.6 Å². The van der Waals surface area contributed by atoms with Gasteiger partial charge in [-0.3, -0.25) is 0 Å². The molecule has 1 aliphatic carbocycles. The molecule has 3 rings (SSSR count). The van der Waals surface area contributed by atoms with Crippen LogP contribution in [0.1, 0.15) is 38.5 Å². The Kier molecular flexibility index (Phi) is 4.67. The van der Waals surface area contributed by atoms with E-state index in [-0.39, 0.29) is 0 Å². The minimum atomic E-state index is 0.435. The van der Waals surface area contributed by atoms with Gasteiger partial charge >= 0.3 is 0 Å². The number of benzene rings is 1. The van der Waals surface area contributed by atoms with Crippen LogP contribution in [-0.4, -0.2) is 19.1 Å². The first-order chi connectivity index (χ1) is 9.72. The van der Waals surface area contributed by atoms with Crippen LogP contribution in [0.25, 0.3) is 0 Å². The van der Waals surface area contributed by atoms with Crippen molar-refractivity contribution in [1.29, 1.82) is 0 Å². The molecule has 0 bridgehead atoms. The Bertz CT molecular complexity index is 442. The zero-order chi connectivity index (χ0) is 13.9. The highest BCUT2D eigenvalue weighted by Gasteiger charge is 2.28. The molecule has 1 heterocycles. The predicted molar refractivity (Wildman–Crippen MR) is 89.0 cm³/mol. The Morgan fingerprint density at radius 3 is 2.80 bits per heavy atom. The van der Waals surface area contributed by atoms with Gasteiger partial charge in [0.1, 0.15) is 0 Å². The van der Waals surface area contributed by atoms with Crippen LogP contribution >= 0.6 is 15.9 Å². The van der Waals surface area contributed by atoms with Crippen LogP contribution in [0.3, 0.4) is 0 Å². The lowest BCUT2D eigenvalue weighted by Crippen LogP contribution is -2.31. The summed E-state index contributed by atoms with van der Waals surface area (Å²) >= 11 is 3.56. The molecule has 0 radical (unpaired) electrons. The molecule has 2 fully saturated rings. The Morgan fingerprint density at radius 1 is 1.25 bits per heavy atom. The van der Waals surface area contributed by atoms with Crippen LogP contribution in [0.2, 0.25) is 0 Å². The van der Waals surface area contributed by atoms with Gasteiger partial charge in [-0.2, -0.15) is 0 Å². The van der Waals surface area contributed by atoms with E-state index in [1.165, 1.54) is 61.8 Å². The summed E-state index contributed by atoms with van der Waals surface area (Å²) in [7, 11) is 0. The van der Waals surface area contributed by atoms with Gasteiger partial charge in [0.25, 0.3) is 0 Å². The molecule has 110 valence electrons. The third kappa shape index (κ3) is 3.37. The van der Waals surface area contributed by atoms with Crippen molar-refractivity contribution in [2.24, 2.45) is 17.6 Å². The first-order valence-electron chi connectivity index (χ1n) is 7.98. The first-order valence-corrected chi connectivity index (χ1v) is 8.78. The second-order valence-electron chi connectivity index (χ2n) is 6.52. The molecule has 2 unspecified atom stereocenters. The Balaban J connectivity index is 1.54. The van der Waals surface area contributed by atoms with Crippen LogP contribution in [-0.2, 0) is 0 Å². The van der Waals surface area contributed by atoms with Gasteiger partial charge in [0, 0.05) is 29.3 Å². The van der Waals surface area contributed by atoms with E-state index >= 15 is 0 Å². The van der Waals surface area contributed by atoms with E-state index in [1.54, 1.807) is 0 Å². The van der Waals surface area contributed by atoms with E-state index in [9.17, 15) is 0 Å². The van der Waals surface area contributed by atoms with Gasteiger partial charge in [-0.05, 0) is 55.7 Å². The lowest BCUT2D eigenvalue weighted by Gasteiger charge is -2.23. The molecule has 2 N–H and O–H groups in total. The predicted octanol–water partition coefficient (Wildman–Crippen LogP) is 4.18. The van der Waals surface area contributed by atoms with Gasteiger partial charge in [0.2, 0.25) is 0 Å². The molecule has 2 atom stereocenters. The molecule has 2 aliphatic rings. The molecular formula is C17H25BrN2. The van der Waals surface area contributed by atoms with Crippen LogP contribution in [0.4, 0.5) is 5.69 Å². The van der Waals surface area contributed by atoms with Gasteiger partial charge in [0.05, 0.1) is 0 Å². The second-order valence-corrected chi connectivity index (χ2v) is 7.44. The first kappa shape index (κ1) is 14.4. The maximum atomic E-state index is 6.44. The number of rotatable bonds is 4. The monoisotopic (exact) mass is 336 g/mol. The zero-order valence-corrected chi connectivity index (χ0v) is 13.7. The van der Waals surface area contributed by atoms with Crippen molar-refractivity contribution < 1.29 is 0 Å². The molecule has 1 saturated heterocycles. The van der Waals surface area contributed by atoms with E-state index in [4.69, 9.17) is 5.73 Å². The van der Waals surface area contributed by atoms with Crippen LogP contribution < -0.4 is 10.6 Å².